The van der Waals surface area contributed by atoms with E-state index >= 15 is 0 Å². The number of nitrogens with one attached hydrogen (secondary N) is 1. The predicted molar refractivity (Wildman–Crippen MR) is 147 cm³/mol. The molecule has 188 valence electrons. The number of aryl methyl sites for hydroxylation is 1. The van der Waals surface area contributed by atoms with Gasteiger partial charge in [0, 0.05) is 18.5 Å². The highest BCUT2D eigenvalue weighted by molar-refractivity contribution is 7.17. The summed E-state index contributed by atoms with van der Waals surface area (Å²) in [5.74, 6) is 0.831. The Morgan fingerprint density at radius 1 is 1.11 bits per heavy atom. The Bertz CT molecular complexity index is 1520. The van der Waals surface area contributed by atoms with Gasteiger partial charge in [0.15, 0.2) is 0 Å². The minimum absolute atomic E-state index is 0.00713. The molecule has 37 heavy (non-hydrogen) atoms. The maximum atomic E-state index is 14.2. The van der Waals surface area contributed by atoms with E-state index in [2.05, 4.69) is 46.4 Å². The maximum absolute atomic E-state index is 14.2. The van der Waals surface area contributed by atoms with Gasteiger partial charge >= 0.3 is 0 Å². The van der Waals surface area contributed by atoms with Crippen molar-refractivity contribution in [3.05, 3.63) is 69.8 Å². The van der Waals surface area contributed by atoms with Crippen LogP contribution in [0.1, 0.15) is 69.4 Å². The molecule has 4 aromatic rings. The molecule has 1 saturated heterocycles. The van der Waals surface area contributed by atoms with Crippen LogP contribution in [-0.2, 0) is 0 Å². The second-order valence-electron chi connectivity index (χ2n) is 10.6. The average molecular weight is 529 g/mol. The third kappa shape index (κ3) is 4.07. The van der Waals surface area contributed by atoms with Crippen LogP contribution in [0.3, 0.4) is 0 Å². The van der Waals surface area contributed by atoms with Gasteiger partial charge in [0.1, 0.15) is 5.69 Å². The molecule has 6 nitrogen and oxygen atoms in total. The predicted octanol–water partition coefficient (Wildman–Crippen LogP) is 6.03. The van der Waals surface area contributed by atoms with E-state index in [1.165, 1.54) is 16.9 Å². The van der Waals surface area contributed by atoms with Gasteiger partial charge in [-0.2, -0.15) is 0 Å². The van der Waals surface area contributed by atoms with Crippen molar-refractivity contribution in [2.75, 3.05) is 6.54 Å². The summed E-state index contributed by atoms with van der Waals surface area (Å²) in [5, 5.41) is 4.25. The molecular formula is C29H28N4O2S2. The van der Waals surface area contributed by atoms with E-state index in [1.54, 1.807) is 16.8 Å². The lowest BCUT2D eigenvalue weighted by atomic mass is 9.97. The van der Waals surface area contributed by atoms with Gasteiger partial charge in [-0.15, -0.1) is 22.7 Å². The van der Waals surface area contributed by atoms with Crippen molar-refractivity contribution in [1.29, 1.82) is 0 Å². The van der Waals surface area contributed by atoms with E-state index < -0.39 is 0 Å². The molecule has 3 fully saturated rings. The smallest absolute Gasteiger partial charge is 0.274 e. The molecule has 2 bridgehead atoms. The number of carbonyl (C=O) groups is 2. The topological polar surface area (TPSA) is 75.2 Å². The van der Waals surface area contributed by atoms with Crippen LogP contribution in [0.2, 0.25) is 0 Å². The highest BCUT2D eigenvalue weighted by Gasteiger charge is 2.49. The van der Waals surface area contributed by atoms with Crippen LogP contribution >= 0.6 is 22.7 Å². The van der Waals surface area contributed by atoms with Crippen molar-refractivity contribution in [3.63, 3.8) is 0 Å². The zero-order chi connectivity index (χ0) is 25.1. The van der Waals surface area contributed by atoms with Crippen molar-refractivity contribution in [2.24, 2.45) is 5.92 Å². The van der Waals surface area contributed by atoms with Gasteiger partial charge in [-0.1, -0.05) is 35.9 Å². The van der Waals surface area contributed by atoms with Crippen LogP contribution in [0, 0.1) is 12.8 Å². The first-order valence-corrected chi connectivity index (χ1v) is 14.8. The number of aromatic nitrogens is 2. The monoisotopic (exact) mass is 528 g/mol. The van der Waals surface area contributed by atoms with Crippen LogP contribution in [0.15, 0.2) is 48.0 Å². The molecule has 2 aromatic heterocycles. The van der Waals surface area contributed by atoms with Crippen LogP contribution in [0.5, 0.6) is 0 Å². The Morgan fingerprint density at radius 3 is 2.81 bits per heavy atom. The minimum Gasteiger partial charge on any atom is -0.350 e. The van der Waals surface area contributed by atoms with E-state index in [4.69, 9.17) is 4.98 Å². The van der Waals surface area contributed by atoms with E-state index in [0.717, 1.165) is 57.8 Å². The van der Waals surface area contributed by atoms with Crippen molar-refractivity contribution in [1.82, 2.24) is 20.2 Å². The Kier molecular flexibility index (Phi) is 5.62. The van der Waals surface area contributed by atoms with Gasteiger partial charge in [-0.05, 0) is 62.6 Å². The molecule has 3 aliphatic rings. The standard InChI is InChI=1S/C29H28N4O2S2/c1-16-4-2-5-19(12-16)25-24(32-28(37-25)17-8-9-17)29(35)33-20-11-10-18(13-20)23(33)14-30-27(34)21-6-3-7-22-26(21)36-15-31-22/h2-7,12,15,17-18,20,23H,8-11,13-14H2,1H3,(H,30,34)/t18-,20+,23+/m0/s1. The number of likely N-dealkylation sites (tertiary alicyclic amines) is 1. The molecule has 0 radical (unpaired) electrons. The second-order valence-corrected chi connectivity index (χ2v) is 12.5. The molecule has 3 heterocycles. The summed E-state index contributed by atoms with van der Waals surface area (Å²) in [4.78, 5) is 39.7. The number of benzene rings is 2. The summed E-state index contributed by atoms with van der Waals surface area (Å²) in [6.07, 6.45) is 5.46. The van der Waals surface area contributed by atoms with E-state index in [9.17, 15) is 9.59 Å². The minimum atomic E-state index is -0.102. The van der Waals surface area contributed by atoms with E-state index in [1.807, 2.05) is 18.2 Å². The Morgan fingerprint density at radius 2 is 1.97 bits per heavy atom. The molecule has 7 rings (SSSR count). The first-order chi connectivity index (χ1) is 18.1. The highest BCUT2D eigenvalue weighted by atomic mass is 32.1. The number of thiazole rings is 2. The summed E-state index contributed by atoms with van der Waals surface area (Å²) in [6, 6.07) is 14.2. The van der Waals surface area contributed by atoms with Crippen LogP contribution < -0.4 is 5.32 Å². The highest BCUT2D eigenvalue weighted by Crippen LogP contribution is 2.47. The Hall–Kier alpha value is -3.10. The zero-order valence-corrected chi connectivity index (χ0v) is 22.3. The van der Waals surface area contributed by atoms with Gasteiger partial charge in [-0.3, -0.25) is 9.59 Å². The van der Waals surface area contributed by atoms with Crippen molar-refractivity contribution in [3.8, 4) is 10.4 Å². The first-order valence-electron chi connectivity index (χ1n) is 13.1. The lowest BCUT2D eigenvalue weighted by molar-refractivity contribution is 0.0577. The summed E-state index contributed by atoms with van der Waals surface area (Å²) < 4.78 is 0.902. The third-order valence-corrected chi connectivity index (χ3v) is 10.2. The first kappa shape index (κ1) is 23.0. The fraction of sp³-hybridized carbons (Fsp3) is 0.379. The summed E-state index contributed by atoms with van der Waals surface area (Å²) in [7, 11) is 0. The van der Waals surface area contributed by atoms with Crippen molar-refractivity contribution >= 4 is 44.7 Å². The molecule has 0 spiro atoms. The van der Waals surface area contributed by atoms with Crippen molar-refractivity contribution in [2.45, 2.75) is 57.0 Å². The molecule has 3 atom stereocenters. The number of nitrogens with zero attached hydrogens (tertiary/aromatic N) is 3. The lowest BCUT2D eigenvalue weighted by Crippen LogP contribution is -2.50. The zero-order valence-electron chi connectivity index (χ0n) is 20.6. The average Bonchev–Trinajstić information content (AvgIpc) is 3.28. The van der Waals surface area contributed by atoms with Gasteiger partial charge in [-0.25, -0.2) is 9.97 Å². The molecule has 2 amide bonds. The molecule has 1 aliphatic heterocycles. The van der Waals surface area contributed by atoms with E-state index in [0.29, 0.717) is 29.6 Å². The summed E-state index contributed by atoms with van der Waals surface area (Å²) in [6.45, 7) is 2.54. The van der Waals surface area contributed by atoms with Crippen LogP contribution in [-0.4, -0.2) is 45.3 Å². The number of hydrogen-bond acceptors (Lipinski definition) is 6. The number of rotatable bonds is 6. The molecular weight excluding hydrogens is 500 g/mol. The Balaban J connectivity index is 1.17. The van der Waals surface area contributed by atoms with Crippen LogP contribution in [0.25, 0.3) is 20.7 Å². The number of fused-ring (bicyclic) bond motifs is 3. The summed E-state index contributed by atoms with van der Waals surface area (Å²) in [5.41, 5.74) is 6.10. The number of piperidine rings is 1. The van der Waals surface area contributed by atoms with E-state index in [-0.39, 0.29) is 23.9 Å². The molecule has 1 N–H and O–H groups in total. The van der Waals surface area contributed by atoms with Gasteiger partial charge in [0.25, 0.3) is 11.8 Å². The molecule has 0 unspecified atom stereocenters. The number of hydrogen-bond donors (Lipinski definition) is 1. The van der Waals surface area contributed by atoms with Crippen molar-refractivity contribution < 1.29 is 9.59 Å². The normalized spacial score (nSPS) is 22.6. The quantitative estimate of drug-likeness (QED) is 0.332. The maximum Gasteiger partial charge on any atom is 0.274 e. The molecule has 8 heteroatoms. The molecule has 2 aliphatic carbocycles. The van der Waals surface area contributed by atoms with Gasteiger partial charge < -0.3 is 10.2 Å². The van der Waals surface area contributed by atoms with Gasteiger partial charge in [0.05, 0.1) is 37.2 Å². The second kappa shape index (κ2) is 9.03. The van der Waals surface area contributed by atoms with Crippen LogP contribution in [0.4, 0.5) is 0 Å². The molecule has 2 saturated carbocycles. The lowest BCUT2D eigenvalue weighted by Gasteiger charge is -2.35. The SMILES string of the molecule is Cc1cccc(-c2sc(C3CC3)nc2C(=O)N2[C@@H]3CC[C@@H](C3)[C@H]2CNC(=O)c2cccc3ncsc23)c1. The fourth-order valence-electron chi connectivity index (χ4n) is 6.12. The van der Waals surface area contributed by atoms with Gasteiger partial charge in [0.2, 0.25) is 0 Å². The third-order valence-electron chi connectivity index (χ3n) is 8.10. The summed E-state index contributed by atoms with van der Waals surface area (Å²) >= 11 is 3.17. The number of carbonyl (C=O) groups excluding carboxylic acids is 2. The Labute approximate surface area is 223 Å². The fourth-order valence-corrected chi connectivity index (χ4v) is 8.15. The molecule has 2 aromatic carbocycles. The number of amides is 2. The largest absolute Gasteiger partial charge is 0.350 e.